The summed E-state index contributed by atoms with van der Waals surface area (Å²) in [6.07, 6.45) is 9.76. The fourth-order valence-electron chi connectivity index (χ4n) is 3.63. The fourth-order valence-corrected chi connectivity index (χ4v) is 4.08. The Labute approximate surface area is 202 Å². The molecule has 8 heteroatoms. The second-order valence-corrected chi connectivity index (χ2v) is 9.31. The Morgan fingerprint density at radius 1 is 1.38 bits per heavy atom. The predicted molar refractivity (Wildman–Crippen MR) is 133 cm³/mol. The average Bonchev–Trinajstić information content (AvgIpc) is 2.76. The quantitative estimate of drug-likeness (QED) is 0.106. The molecule has 2 N–H and O–H groups in total. The van der Waals surface area contributed by atoms with E-state index in [1.165, 1.54) is 38.2 Å². The minimum absolute atomic E-state index is 0.0329. The summed E-state index contributed by atoms with van der Waals surface area (Å²) in [5.74, 6) is 0.582. The number of aliphatic imine (C=N–C) groups is 1. The molecule has 32 heavy (non-hydrogen) atoms. The standard InChI is InChI=1S/C24H31F2IN2O3/c1-3-22(29-16-18-8-5-4-6-9-18)28-15-17(2)20-12-11-19(14-21(20)24(25,26)27)32-13-7-10-23(30)31/h3,11-12,14-15,18H,1,4-10,13,16H2,2H3,(H,28,29)(H,30,31)/b17-15+. The number of nitrogens with zero attached hydrogens (tertiary/aromatic N) is 1. The number of benzene rings is 1. The highest BCUT2D eigenvalue weighted by Crippen LogP contribution is 2.41. The van der Waals surface area contributed by atoms with Gasteiger partial charge in [0.05, 0.1) is 6.61 Å². The van der Waals surface area contributed by atoms with Crippen LogP contribution in [0.1, 0.15) is 63.0 Å². The minimum Gasteiger partial charge on any atom is -0.494 e. The van der Waals surface area contributed by atoms with E-state index in [-0.39, 0.29) is 24.3 Å². The Bertz CT molecular complexity index is 844. The summed E-state index contributed by atoms with van der Waals surface area (Å²) >= 11 is 1.10. The Balaban J connectivity index is 2.10. The Morgan fingerprint density at radius 2 is 2.09 bits per heavy atom. The third-order valence-corrected chi connectivity index (χ3v) is 5.98. The van der Waals surface area contributed by atoms with E-state index in [1.54, 1.807) is 31.3 Å². The third-order valence-electron chi connectivity index (χ3n) is 5.40. The molecule has 0 bridgehead atoms. The van der Waals surface area contributed by atoms with Crippen LogP contribution in [0.15, 0.2) is 42.0 Å². The predicted octanol–water partition coefficient (Wildman–Crippen LogP) is 6.53. The van der Waals surface area contributed by atoms with Crippen LogP contribution in [0.2, 0.25) is 0 Å². The SMILES string of the molecule is C=CC(=NCC1CCCCC1)N/C=C(\C)c1ccc(OCCCC(=O)O)cc1C(F)(F)I. The molecule has 1 fully saturated rings. The van der Waals surface area contributed by atoms with Crippen molar-refractivity contribution >= 4 is 40.0 Å². The third kappa shape index (κ3) is 8.88. The molecule has 0 aromatic heterocycles. The molecule has 1 aliphatic rings. The summed E-state index contributed by atoms with van der Waals surface area (Å²) < 4.78 is 31.0. The summed E-state index contributed by atoms with van der Waals surface area (Å²) in [5.41, 5.74) is 0.857. The number of allylic oxidation sites excluding steroid dienone is 1. The van der Waals surface area contributed by atoms with E-state index in [4.69, 9.17) is 9.84 Å². The Hall–Kier alpha value is -1.97. The number of aliphatic carboxylic acids is 1. The van der Waals surface area contributed by atoms with E-state index in [0.717, 1.165) is 29.1 Å². The van der Waals surface area contributed by atoms with Crippen molar-refractivity contribution in [3.05, 3.63) is 48.2 Å². The molecular formula is C24H31F2IN2O3. The van der Waals surface area contributed by atoms with E-state index >= 15 is 0 Å². The van der Waals surface area contributed by atoms with Crippen LogP contribution in [0.3, 0.4) is 0 Å². The number of rotatable bonds is 11. The minimum atomic E-state index is -3.10. The topological polar surface area (TPSA) is 70.9 Å². The zero-order valence-electron chi connectivity index (χ0n) is 18.4. The van der Waals surface area contributed by atoms with Gasteiger partial charge in [0.2, 0.25) is 0 Å². The van der Waals surface area contributed by atoms with Crippen LogP contribution < -0.4 is 10.1 Å². The number of hydrogen-bond acceptors (Lipinski definition) is 3. The maximum atomic E-state index is 14.3. The van der Waals surface area contributed by atoms with Crippen LogP contribution in [0.5, 0.6) is 5.75 Å². The molecule has 1 aromatic carbocycles. The van der Waals surface area contributed by atoms with E-state index in [9.17, 15) is 13.6 Å². The molecule has 0 heterocycles. The Kier molecular flexibility index (Phi) is 10.6. The van der Waals surface area contributed by atoms with E-state index in [1.807, 2.05) is 0 Å². The summed E-state index contributed by atoms with van der Waals surface area (Å²) in [6, 6.07) is 4.52. The summed E-state index contributed by atoms with van der Waals surface area (Å²) in [6.45, 7) is 6.44. The van der Waals surface area contributed by atoms with Crippen molar-refractivity contribution in [2.75, 3.05) is 13.2 Å². The van der Waals surface area contributed by atoms with Crippen LogP contribution in [-0.4, -0.2) is 30.1 Å². The highest BCUT2D eigenvalue weighted by molar-refractivity contribution is 14.1. The van der Waals surface area contributed by atoms with Gasteiger partial charge >= 0.3 is 9.90 Å². The van der Waals surface area contributed by atoms with Gasteiger partial charge in [-0.1, -0.05) is 31.9 Å². The zero-order valence-corrected chi connectivity index (χ0v) is 20.5. The molecular weight excluding hydrogens is 529 g/mol. The first-order chi connectivity index (χ1) is 15.2. The molecule has 5 nitrogen and oxygen atoms in total. The van der Waals surface area contributed by atoms with Crippen LogP contribution in [0, 0.1) is 5.92 Å². The van der Waals surface area contributed by atoms with Crippen molar-refractivity contribution in [2.24, 2.45) is 10.9 Å². The number of nitrogens with one attached hydrogen (secondary N) is 1. The van der Waals surface area contributed by atoms with Crippen molar-refractivity contribution in [1.29, 1.82) is 0 Å². The van der Waals surface area contributed by atoms with Gasteiger partial charge in [-0.25, -0.2) is 0 Å². The molecule has 0 radical (unpaired) electrons. The summed E-state index contributed by atoms with van der Waals surface area (Å²) in [7, 11) is 0. The number of carboxylic acids is 1. The molecule has 1 aliphatic carbocycles. The van der Waals surface area contributed by atoms with Crippen LogP contribution in [0.4, 0.5) is 8.78 Å². The van der Waals surface area contributed by atoms with E-state index in [0.29, 0.717) is 29.3 Å². The summed E-state index contributed by atoms with van der Waals surface area (Å²) in [5, 5.41) is 11.8. The first kappa shape index (κ1) is 26.3. The van der Waals surface area contributed by atoms with Gasteiger partial charge < -0.3 is 15.2 Å². The molecule has 0 spiro atoms. The van der Waals surface area contributed by atoms with Crippen molar-refractivity contribution in [3.63, 3.8) is 0 Å². The lowest BCUT2D eigenvalue weighted by atomic mass is 9.89. The molecule has 1 aromatic rings. The largest absolute Gasteiger partial charge is 0.494 e. The molecule has 0 amide bonds. The molecule has 0 saturated heterocycles. The monoisotopic (exact) mass is 560 g/mol. The van der Waals surface area contributed by atoms with Crippen molar-refractivity contribution in [1.82, 2.24) is 5.32 Å². The second-order valence-electron chi connectivity index (χ2n) is 7.96. The van der Waals surface area contributed by atoms with Crippen molar-refractivity contribution in [3.8, 4) is 5.75 Å². The van der Waals surface area contributed by atoms with Crippen LogP contribution in [0.25, 0.3) is 5.57 Å². The lowest BCUT2D eigenvalue weighted by Gasteiger charge is -2.19. The highest BCUT2D eigenvalue weighted by atomic mass is 127. The van der Waals surface area contributed by atoms with Gasteiger partial charge in [0.15, 0.2) is 0 Å². The molecule has 0 aliphatic heterocycles. The van der Waals surface area contributed by atoms with E-state index in [2.05, 4.69) is 16.9 Å². The fraction of sp³-hybridized carbons (Fsp3) is 0.500. The lowest BCUT2D eigenvalue weighted by molar-refractivity contribution is -0.137. The molecule has 2 rings (SSSR count). The normalized spacial score (nSPS) is 16.0. The number of ether oxygens (including phenoxy) is 1. The summed E-state index contributed by atoms with van der Waals surface area (Å²) in [4.78, 5) is 15.2. The van der Waals surface area contributed by atoms with Gasteiger partial charge in [0, 0.05) is 47.3 Å². The maximum Gasteiger partial charge on any atom is 0.322 e. The highest BCUT2D eigenvalue weighted by Gasteiger charge is 2.31. The lowest BCUT2D eigenvalue weighted by Crippen LogP contribution is -2.18. The number of hydrogen-bond donors (Lipinski definition) is 2. The van der Waals surface area contributed by atoms with E-state index < -0.39 is 9.90 Å². The van der Waals surface area contributed by atoms with Crippen LogP contribution >= 0.6 is 22.6 Å². The maximum absolute atomic E-state index is 14.3. The van der Waals surface area contributed by atoms with Gasteiger partial charge in [-0.15, -0.1) is 0 Å². The zero-order chi connectivity index (χ0) is 23.6. The van der Waals surface area contributed by atoms with Crippen LogP contribution in [-0.2, 0) is 8.72 Å². The number of amidine groups is 1. The molecule has 0 atom stereocenters. The first-order valence-electron chi connectivity index (χ1n) is 10.9. The number of carboxylic acid groups (broad SMARTS) is 1. The molecule has 1 saturated carbocycles. The van der Waals surface area contributed by atoms with Crippen molar-refractivity contribution in [2.45, 2.75) is 55.8 Å². The van der Waals surface area contributed by atoms with Gasteiger partial charge in [0.25, 0.3) is 0 Å². The van der Waals surface area contributed by atoms with Gasteiger partial charge in [-0.3, -0.25) is 9.79 Å². The molecule has 0 unspecified atom stereocenters. The first-order valence-corrected chi connectivity index (χ1v) is 11.9. The van der Waals surface area contributed by atoms with Gasteiger partial charge in [0.1, 0.15) is 11.6 Å². The second kappa shape index (κ2) is 12.9. The number of halogens is 3. The average molecular weight is 560 g/mol. The van der Waals surface area contributed by atoms with Crippen molar-refractivity contribution < 1.29 is 23.4 Å². The van der Waals surface area contributed by atoms with Gasteiger partial charge in [-0.2, -0.15) is 8.78 Å². The number of alkyl halides is 3. The smallest absolute Gasteiger partial charge is 0.322 e. The Morgan fingerprint density at radius 3 is 2.72 bits per heavy atom. The number of carbonyl (C=O) groups is 1. The molecule has 176 valence electrons. The van der Waals surface area contributed by atoms with Gasteiger partial charge in [-0.05, 0) is 61.4 Å².